The molecule has 0 bridgehead atoms. The second-order valence-electron chi connectivity index (χ2n) is 2.33. The molecule has 1 aromatic heterocycles. The molecule has 0 atom stereocenters. The third kappa shape index (κ3) is 2.23. The average Bonchev–Trinajstić information content (AvgIpc) is 2.05. The van der Waals surface area contributed by atoms with Crippen molar-refractivity contribution in [1.29, 1.82) is 0 Å². The molecule has 1 rings (SSSR count). The zero-order valence-corrected chi connectivity index (χ0v) is 6.37. The Balaban J connectivity index is 2.81. The Morgan fingerprint density at radius 1 is 1.42 bits per heavy atom. The molecule has 1 aromatic rings. The summed E-state index contributed by atoms with van der Waals surface area (Å²) < 4.78 is 24.1. The molecule has 0 spiro atoms. The van der Waals surface area contributed by atoms with Gasteiger partial charge in [0.2, 0.25) is 0 Å². The van der Waals surface area contributed by atoms with Gasteiger partial charge in [0.1, 0.15) is 5.69 Å². The Hall–Kier alpha value is -1.03. The van der Waals surface area contributed by atoms with Crippen molar-refractivity contribution in [2.75, 3.05) is 6.61 Å². The monoisotopic (exact) mass is 173 g/mol. The fraction of sp³-hybridized carbons (Fsp3) is 0.375. The minimum absolute atomic E-state index is 0.0698. The Kier molecular flexibility index (Phi) is 3.10. The Bertz CT molecular complexity index is 253. The van der Waals surface area contributed by atoms with Crippen molar-refractivity contribution in [3.05, 3.63) is 29.6 Å². The van der Waals surface area contributed by atoms with Gasteiger partial charge in [-0.1, -0.05) is 6.07 Å². The minimum atomic E-state index is -2.54. The van der Waals surface area contributed by atoms with E-state index in [-0.39, 0.29) is 12.3 Å². The highest BCUT2D eigenvalue weighted by Crippen LogP contribution is 2.15. The number of hydrogen-bond donors (Lipinski definition) is 1. The molecule has 0 saturated heterocycles. The zero-order chi connectivity index (χ0) is 8.97. The largest absolute Gasteiger partial charge is 0.396 e. The van der Waals surface area contributed by atoms with Crippen molar-refractivity contribution in [2.45, 2.75) is 12.8 Å². The SMILES string of the molecule is OCCc1cccc(C(F)F)n1. The third-order valence-corrected chi connectivity index (χ3v) is 1.42. The summed E-state index contributed by atoms with van der Waals surface area (Å²) in [6.07, 6.45) is -2.22. The lowest BCUT2D eigenvalue weighted by atomic mass is 10.2. The van der Waals surface area contributed by atoms with E-state index < -0.39 is 6.43 Å². The highest BCUT2D eigenvalue weighted by molar-refractivity contribution is 5.12. The van der Waals surface area contributed by atoms with Crippen LogP contribution in [-0.2, 0) is 6.42 Å². The van der Waals surface area contributed by atoms with Crippen LogP contribution in [0.1, 0.15) is 17.8 Å². The van der Waals surface area contributed by atoms with Crippen LogP contribution in [0.2, 0.25) is 0 Å². The molecular formula is C8H9F2NO. The smallest absolute Gasteiger partial charge is 0.280 e. The van der Waals surface area contributed by atoms with Crippen LogP contribution in [0.5, 0.6) is 0 Å². The summed E-state index contributed by atoms with van der Waals surface area (Å²) in [6, 6.07) is 4.40. The molecule has 0 unspecified atom stereocenters. The number of pyridine rings is 1. The normalized spacial score (nSPS) is 10.7. The fourth-order valence-corrected chi connectivity index (χ4v) is 0.873. The maximum atomic E-state index is 12.1. The number of hydrogen-bond acceptors (Lipinski definition) is 2. The van der Waals surface area contributed by atoms with Crippen LogP contribution in [0.15, 0.2) is 18.2 Å². The predicted octanol–water partition coefficient (Wildman–Crippen LogP) is 1.55. The summed E-state index contributed by atoms with van der Waals surface area (Å²) in [6.45, 7) is -0.0698. The van der Waals surface area contributed by atoms with Crippen LogP contribution in [0.4, 0.5) is 8.78 Å². The number of halogens is 2. The zero-order valence-electron chi connectivity index (χ0n) is 6.37. The lowest BCUT2D eigenvalue weighted by molar-refractivity contribution is 0.145. The molecular weight excluding hydrogens is 164 g/mol. The molecule has 12 heavy (non-hydrogen) atoms. The first-order valence-electron chi connectivity index (χ1n) is 3.59. The number of alkyl halides is 2. The molecule has 1 heterocycles. The second-order valence-corrected chi connectivity index (χ2v) is 2.33. The summed E-state index contributed by atoms with van der Waals surface area (Å²) in [5, 5.41) is 8.52. The molecule has 0 aliphatic rings. The topological polar surface area (TPSA) is 33.1 Å². The Morgan fingerprint density at radius 3 is 2.75 bits per heavy atom. The molecule has 0 aromatic carbocycles. The number of rotatable bonds is 3. The average molecular weight is 173 g/mol. The molecule has 0 saturated carbocycles. The van der Waals surface area contributed by atoms with Gasteiger partial charge in [0, 0.05) is 18.7 Å². The summed E-state index contributed by atoms with van der Waals surface area (Å²) >= 11 is 0. The van der Waals surface area contributed by atoms with Crippen LogP contribution in [0, 0.1) is 0 Å². The summed E-state index contributed by atoms with van der Waals surface area (Å²) in [5.74, 6) is 0. The van der Waals surface area contributed by atoms with Gasteiger partial charge in [0.25, 0.3) is 6.43 Å². The van der Waals surface area contributed by atoms with Gasteiger partial charge in [0.15, 0.2) is 0 Å². The predicted molar refractivity (Wildman–Crippen MR) is 40.0 cm³/mol. The highest BCUT2D eigenvalue weighted by atomic mass is 19.3. The fourth-order valence-electron chi connectivity index (χ4n) is 0.873. The van der Waals surface area contributed by atoms with E-state index in [1.165, 1.54) is 12.1 Å². The summed E-state index contributed by atoms with van der Waals surface area (Å²) in [4.78, 5) is 3.65. The van der Waals surface area contributed by atoms with Crippen molar-refractivity contribution in [3.63, 3.8) is 0 Å². The first kappa shape index (κ1) is 9.06. The van der Waals surface area contributed by atoms with E-state index in [9.17, 15) is 8.78 Å². The summed E-state index contributed by atoms with van der Waals surface area (Å²) in [5.41, 5.74) is 0.260. The second kappa shape index (κ2) is 4.11. The lowest BCUT2D eigenvalue weighted by Crippen LogP contribution is -1.98. The van der Waals surface area contributed by atoms with Crippen molar-refractivity contribution in [2.24, 2.45) is 0 Å². The third-order valence-electron chi connectivity index (χ3n) is 1.42. The van der Waals surface area contributed by atoms with Crippen LogP contribution in [0.3, 0.4) is 0 Å². The highest BCUT2D eigenvalue weighted by Gasteiger charge is 2.07. The minimum Gasteiger partial charge on any atom is -0.396 e. The molecule has 2 nitrogen and oxygen atoms in total. The Labute approximate surface area is 68.9 Å². The molecule has 66 valence electrons. The van der Waals surface area contributed by atoms with Crippen molar-refractivity contribution >= 4 is 0 Å². The number of nitrogens with zero attached hydrogens (tertiary/aromatic N) is 1. The first-order chi connectivity index (χ1) is 5.74. The number of aliphatic hydroxyl groups excluding tert-OH is 1. The molecule has 0 aliphatic heterocycles. The van der Waals surface area contributed by atoms with E-state index in [0.717, 1.165) is 0 Å². The van der Waals surface area contributed by atoms with Crippen LogP contribution in [-0.4, -0.2) is 16.7 Å². The van der Waals surface area contributed by atoms with Crippen molar-refractivity contribution < 1.29 is 13.9 Å². The van der Waals surface area contributed by atoms with Gasteiger partial charge < -0.3 is 5.11 Å². The van der Waals surface area contributed by atoms with Gasteiger partial charge in [0.05, 0.1) is 0 Å². The number of aromatic nitrogens is 1. The van der Waals surface area contributed by atoms with Gasteiger partial charge >= 0.3 is 0 Å². The quantitative estimate of drug-likeness (QED) is 0.752. The Morgan fingerprint density at radius 2 is 2.17 bits per heavy atom. The molecule has 1 N–H and O–H groups in total. The summed E-state index contributed by atoms with van der Waals surface area (Å²) in [7, 11) is 0. The van der Waals surface area contributed by atoms with Gasteiger partial charge in [-0.05, 0) is 12.1 Å². The van der Waals surface area contributed by atoms with E-state index in [0.29, 0.717) is 12.1 Å². The van der Waals surface area contributed by atoms with Crippen LogP contribution in [0.25, 0.3) is 0 Å². The van der Waals surface area contributed by atoms with E-state index in [1.807, 2.05) is 0 Å². The van der Waals surface area contributed by atoms with E-state index in [1.54, 1.807) is 6.07 Å². The molecule has 0 fully saturated rings. The maximum absolute atomic E-state index is 12.1. The first-order valence-corrected chi connectivity index (χ1v) is 3.59. The van der Waals surface area contributed by atoms with Gasteiger partial charge in [-0.25, -0.2) is 8.78 Å². The van der Waals surface area contributed by atoms with Gasteiger partial charge in [-0.3, -0.25) is 4.98 Å². The van der Waals surface area contributed by atoms with Crippen molar-refractivity contribution in [1.82, 2.24) is 4.98 Å². The van der Waals surface area contributed by atoms with Crippen molar-refractivity contribution in [3.8, 4) is 0 Å². The molecule has 0 aliphatic carbocycles. The lowest BCUT2D eigenvalue weighted by Gasteiger charge is -2.01. The van der Waals surface area contributed by atoms with E-state index >= 15 is 0 Å². The van der Waals surface area contributed by atoms with Gasteiger partial charge in [-0.2, -0.15) is 0 Å². The van der Waals surface area contributed by atoms with E-state index in [2.05, 4.69) is 4.98 Å². The standard InChI is InChI=1S/C8H9F2NO/c9-8(10)7-3-1-2-6(11-7)4-5-12/h1-3,8,12H,4-5H2. The van der Waals surface area contributed by atoms with Gasteiger partial charge in [-0.15, -0.1) is 0 Å². The molecule has 0 radical (unpaired) electrons. The van der Waals surface area contributed by atoms with Crippen LogP contribution < -0.4 is 0 Å². The van der Waals surface area contributed by atoms with E-state index in [4.69, 9.17) is 5.11 Å². The molecule has 0 amide bonds. The number of aliphatic hydroxyl groups is 1. The molecule has 4 heteroatoms. The van der Waals surface area contributed by atoms with Crippen LogP contribution >= 0.6 is 0 Å². The maximum Gasteiger partial charge on any atom is 0.280 e.